The predicted molar refractivity (Wildman–Crippen MR) is 124 cm³/mol. The number of Topliss-reactive ketones (excluding diaryl/α,β-unsaturated/α-hetero) is 2. The summed E-state index contributed by atoms with van der Waals surface area (Å²) in [5.41, 5.74) is 2.38. The summed E-state index contributed by atoms with van der Waals surface area (Å²) in [6.45, 7) is 1.94. The summed E-state index contributed by atoms with van der Waals surface area (Å²) in [5.74, 6) is 0.304. The monoisotopic (exact) mass is 446 g/mol. The van der Waals surface area contributed by atoms with Crippen molar-refractivity contribution in [2.75, 3.05) is 5.32 Å². The fraction of sp³-hybridized carbons (Fsp3) is 0.208. The lowest BCUT2D eigenvalue weighted by molar-refractivity contribution is -0.122. The summed E-state index contributed by atoms with van der Waals surface area (Å²) in [7, 11) is 0. The number of thiophene rings is 1. The molecule has 1 aromatic carbocycles. The molecule has 1 N–H and O–H groups in total. The van der Waals surface area contributed by atoms with Crippen molar-refractivity contribution < 1.29 is 14.4 Å². The number of fused-ring (bicyclic) bond motifs is 1. The van der Waals surface area contributed by atoms with Crippen LogP contribution >= 0.6 is 11.3 Å². The number of benzene rings is 1. The van der Waals surface area contributed by atoms with E-state index in [0.717, 1.165) is 15.9 Å². The summed E-state index contributed by atoms with van der Waals surface area (Å²) >= 11 is 1.43. The average molecular weight is 447 g/mol. The predicted octanol–water partition coefficient (Wildman–Crippen LogP) is 4.74. The van der Waals surface area contributed by atoms with Crippen LogP contribution in [0.5, 0.6) is 0 Å². The summed E-state index contributed by atoms with van der Waals surface area (Å²) in [5, 5.41) is 2.76. The average Bonchev–Trinajstić information content (AvgIpc) is 3.43. The number of para-hydroxylation sites is 2. The molecule has 0 saturated heterocycles. The smallest absolute Gasteiger partial charge is 0.224 e. The van der Waals surface area contributed by atoms with Crippen LogP contribution in [0.25, 0.3) is 16.9 Å². The third-order valence-corrected chi connectivity index (χ3v) is 6.05. The number of aryl methyl sites for hydroxylation is 1. The molecule has 4 rings (SSSR count). The van der Waals surface area contributed by atoms with Crippen LogP contribution in [0.3, 0.4) is 0 Å². The van der Waals surface area contributed by atoms with E-state index in [-0.39, 0.29) is 43.2 Å². The molecule has 0 unspecified atom stereocenters. The minimum Gasteiger partial charge on any atom is -0.325 e. The van der Waals surface area contributed by atoms with Crippen LogP contribution in [-0.2, 0) is 9.59 Å². The molecule has 1 amide bonds. The number of amides is 1. The number of hydrogen-bond donors (Lipinski definition) is 1. The van der Waals surface area contributed by atoms with Crippen molar-refractivity contribution >= 4 is 45.5 Å². The van der Waals surface area contributed by atoms with Crippen molar-refractivity contribution in [1.29, 1.82) is 0 Å². The van der Waals surface area contributed by atoms with Gasteiger partial charge in [-0.05, 0) is 43.3 Å². The molecular formula is C24H22N4O3S. The molecule has 0 bridgehead atoms. The Morgan fingerprint density at radius 2 is 1.75 bits per heavy atom. The fourth-order valence-electron chi connectivity index (χ4n) is 3.31. The van der Waals surface area contributed by atoms with E-state index in [0.29, 0.717) is 16.4 Å². The highest BCUT2D eigenvalue weighted by molar-refractivity contribution is 7.14. The standard InChI is InChI=1S/C24H22N4O3S/c1-16-6-11-22(32-16)21(30)10-8-18(29)9-13-24(31)27-17-7-12-23(25-14-17)28-15-26-19-4-2-3-5-20(19)28/h2-7,11-12,14-15H,8-10,13H2,1H3,(H,27,31). The Kier molecular flexibility index (Phi) is 6.51. The molecule has 3 heterocycles. The van der Waals surface area contributed by atoms with E-state index in [1.54, 1.807) is 30.7 Å². The molecule has 0 saturated carbocycles. The first-order chi connectivity index (χ1) is 15.5. The van der Waals surface area contributed by atoms with Gasteiger partial charge < -0.3 is 5.32 Å². The van der Waals surface area contributed by atoms with E-state index in [1.807, 2.05) is 41.8 Å². The highest BCUT2D eigenvalue weighted by Gasteiger charge is 2.13. The quantitative estimate of drug-likeness (QED) is 0.375. The number of anilines is 1. The van der Waals surface area contributed by atoms with Gasteiger partial charge in [0.05, 0.1) is 27.8 Å². The van der Waals surface area contributed by atoms with Crippen molar-refractivity contribution in [3.8, 4) is 5.82 Å². The SMILES string of the molecule is Cc1ccc(C(=O)CCC(=O)CCC(=O)Nc2ccc(-n3cnc4ccccc43)nc2)s1. The van der Waals surface area contributed by atoms with Gasteiger partial charge in [-0.1, -0.05) is 12.1 Å². The Morgan fingerprint density at radius 3 is 2.50 bits per heavy atom. The van der Waals surface area contributed by atoms with Gasteiger partial charge in [0.15, 0.2) is 5.78 Å². The highest BCUT2D eigenvalue weighted by Crippen LogP contribution is 2.19. The molecule has 0 radical (unpaired) electrons. The normalized spacial score (nSPS) is 10.9. The molecule has 0 aliphatic heterocycles. The molecule has 0 aliphatic rings. The lowest BCUT2D eigenvalue weighted by Crippen LogP contribution is -2.14. The number of ketones is 2. The third-order valence-electron chi connectivity index (χ3n) is 5.01. The zero-order chi connectivity index (χ0) is 22.5. The number of carbonyl (C=O) groups is 3. The van der Waals surface area contributed by atoms with Crippen LogP contribution in [0.4, 0.5) is 5.69 Å². The van der Waals surface area contributed by atoms with E-state index in [4.69, 9.17) is 0 Å². The second-order valence-corrected chi connectivity index (χ2v) is 8.72. The van der Waals surface area contributed by atoms with Crippen LogP contribution < -0.4 is 5.32 Å². The van der Waals surface area contributed by atoms with Gasteiger partial charge in [0.25, 0.3) is 0 Å². The fourth-order valence-corrected chi connectivity index (χ4v) is 4.14. The Bertz CT molecular complexity index is 1270. The van der Waals surface area contributed by atoms with Crippen LogP contribution in [-0.4, -0.2) is 32.0 Å². The molecule has 3 aromatic heterocycles. The van der Waals surface area contributed by atoms with Crippen LogP contribution in [0.15, 0.2) is 61.1 Å². The second kappa shape index (κ2) is 9.65. The van der Waals surface area contributed by atoms with Crippen LogP contribution in [0.2, 0.25) is 0 Å². The second-order valence-electron chi connectivity index (χ2n) is 7.43. The van der Waals surface area contributed by atoms with Crippen molar-refractivity contribution in [3.63, 3.8) is 0 Å². The van der Waals surface area contributed by atoms with Gasteiger partial charge in [0.2, 0.25) is 5.91 Å². The number of nitrogens with zero attached hydrogens (tertiary/aromatic N) is 3. The summed E-state index contributed by atoms with van der Waals surface area (Å²) < 4.78 is 1.87. The molecule has 0 fully saturated rings. The first kappa shape index (κ1) is 21.6. The number of rotatable bonds is 9. The van der Waals surface area contributed by atoms with Crippen molar-refractivity contribution in [2.45, 2.75) is 32.6 Å². The van der Waals surface area contributed by atoms with Crippen molar-refractivity contribution in [1.82, 2.24) is 14.5 Å². The molecule has 0 spiro atoms. The van der Waals surface area contributed by atoms with E-state index >= 15 is 0 Å². The summed E-state index contributed by atoms with van der Waals surface area (Å²) in [6.07, 6.45) is 3.79. The van der Waals surface area contributed by atoms with Gasteiger partial charge in [0, 0.05) is 30.6 Å². The molecule has 0 aliphatic carbocycles. The first-order valence-electron chi connectivity index (χ1n) is 10.3. The topological polar surface area (TPSA) is 94.0 Å². The van der Waals surface area contributed by atoms with Gasteiger partial charge in [-0.15, -0.1) is 11.3 Å². The zero-order valence-electron chi connectivity index (χ0n) is 17.6. The van der Waals surface area contributed by atoms with E-state index in [1.165, 1.54) is 11.3 Å². The van der Waals surface area contributed by atoms with Crippen LogP contribution in [0.1, 0.15) is 40.2 Å². The number of aromatic nitrogens is 3. The van der Waals surface area contributed by atoms with E-state index in [2.05, 4.69) is 15.3 Å². The Morgan fingerprint density at radius 1 is 0.938 bits per heavy atom. The van der Waals surface area contributed by atoms with Gasteiger partial charge in [-0.25, -0.2) is 9.97 Å². The largest absolute Gasteiger partial charge is 0.325 e. The zero-order valence-corrected chi connectivity index (χ0v) is 18.4. The molecular weight excluding hydrogens is 424 g/mol. The van der Waals surface area contributed by atoms with E-state index in [9.17, 15) is 14.4 Å². The molecule has 4 aromatic rings. The Balaban J connectivity index is 1.25. The van der Waals surface area contributed by atoms with Crippen LogP contribution in [0, 0.1) is 6.92 Å². The first-order valence-corrected chi connectivity index (χ1v) is 11.1. The van der Waals surface area contributed by atoms with Crippen molar-refractivity contribution in [2.24, 2.45) is 0 Å². The van der Waals surface area contributed by atoms with Crippen molar-refractivity contribution in [3.05, 3.63) is 70.8 Å². The highest BCUT2D eigenvalue weighted by atomic mass is 32.1. The van der Waals surface area contributed by atoms with Gasteiger partial charge in [-0.3, -0.25) is 19.0 Å². The Hall–Kier alpha value is -3.65. The minimum atomic E-state index is -0.263. The van der Waals surface area contributed by atoms with Gasteiger partial charge in [-0.2, -0.15) is 0 Å². The summed E-state index contributed by atoms with van der Waals surface area (Å²) in [6, 6.07) is 15.0. The summed E-state index contributed by atoms with van der Waals surface area (Å²) in [4.78, 5) is 46.9. The molecule has 8 heteroatoms. The van der Waals surface area contributed by atoms with E-state index < -0.39 is 0 Å². The van der Waals surface area contributed by atoms with Gasteiger partial charge >= 0.3 is 0 Å². The Labute approximate surface area is 189 Å². The molecule has 7 nitrogen and oxygen atoms in total. The number of carbonyl (C=O) groups excluding carboxylic acids is 3. The maximum atomic E-state index is 12.2. The lowest BCUT2D eigenvalue weighted by Gasteiger charge is -2.07. The number of nitrogens with one attached hydrogen (secondary N) is 1. The molecule has 0 atom stereocenters. The lowest BCUT2D eigenvalue weighted by atomic mass is 10.1. The maximum absolute atomic E-state index is 12.2. The van der Waals surface area contributed by atoms with Gasteiger partial charge in [0.1, 0.15) is 17.9 Å². The molecule has 162 valence electrons. The maximum Gasteiger partial charge on any atom is 0.224 e. The molecule has 32 heavy (non-hydrogen) atoms. The minimum absolute atomic E-state index is 0.0299. The number of hydrogen-bond acceptors (Lipinski definition) is 6. The number of pyridine rings is 1. The third kappa shape index (κ3) is 5.15. The number of imidazole rings is 1.